The van der Waals surface area contributed by atoms with Crippen LogP contribution in [0.15, 0.2) is 18.2 Å². The van der Waals surface area contributed by atoms with Crippen LogP contribution in [-0.2, 0) is 6.54 Å². The van der Waals surface area contributed by atoms with Gasteiger partial charge in [0.05, 0.1) is 11.9 Å². The van der Waals surface area contributed by atoms with Gasteiger partial charge in [0, 0.05) is 10.6 Å². The van der Waals surface area contributed by atoms with Crippen molar-refractivity contribution in [3.63, 3.8) is 0 Å². The molecule has 0 unspecified atom stereocenters. The highest BCUT2D eigenvalue weighted by atomic mass is 32.1. The number of halogens is 1. The summed E-state index contributed by atoms with van der Waals surface area (Å²) in [7, 11) is 0. The number of hydrogen-bond donors (Lipinski definition) is 2. The van der Waals surface area contributed by atoms with E-state index in [4.69, 9.17) is 5.73 Å². The second-order valence-electron chi connectivity index (χ2n) is 4.77. The molecule has 3 aromatic rings. The summed E-state index contributed by atoms with van der Waals surface area (Å²) >= 11 is 1.09. The van der Waals surface area contributed by atoms with E-state index in [2.05, 4.69) is 20.3 Å². The van der Waals surface area contributed by atoms with Crippen molar-refractivity contribution in [1.82, 2.24) is 15.0 Å². The van der Waals surface area contributed by atoms with Crippen molar-refractivity contribution in [2.75, 3.05) is 11.1 Å². The predicted octanol–water partition coefficient (Wildman–Crippen LogP) is 3.04. The summed E-state index contributed by atoms with van der Waals surface area (Å²) in [5, 5.41) is 3.61. The maximum Gasteiger partial charge on any atom is 0.227 e. The fourth-order valence-corrected chi connectivity index (χ4v) is 2.87. The second-order valence-corrected chi connectivity index (χ2v) is 5.89. The van der Waals surface area contributed by atoms with E-state index in [-0.39, 0.29) is 5.13 Å². The number of aryl methyl sites for hydroxylation is 2. The molecule has 0 fully saturated rings. The number of pyridine rings is 1. The molecule has 21 heavy (non-hydrogen) atoms. The Labute approximate surface area is 125 Å². The van der Waals surface area contributed by atoms with Gasteiger partial charge in [0.25, 0.3) is 0 Å². The minimum atomic E-state index is -0.210. The van der Waals surface area contributed by atoms with E-state index in [1.54, 1.807) is 6.07 Å². The lowest BCUT2D eigenvalue weighted by Crippen LogP contribution is -2.06. The highest BCUT2D eigenvalue weighted by Gasteiger charge is 2.10. The van der Waals surface area contributed by atoms with E-state index >= 15 is 0 Å². The highest BCUT2D eigenvalue weighted by Crippen LogP contribution is 2.23. The third-order valence-corrected chi connectivity index (χ3v) is 3.94. The zero-order chi connectivity index (χ0) is 15.0. The molecule has 108 valence electrons. The van der Waals surface area contributed by atoms with Gasteiger partial charge in [0.1, 0.15) is 5.82 Å². The molecule has 7 heteroatoms. The molecule has 0 saturated heterocycles. The van der Waals surface area contributed by atoms with E-state index in [1.807, 2.05) is 19.9 Å². The molecule has 0 radical (unpaired) electrons. The maximum atomic E-state index is 12.9. The predicted molar refractivity (Wildman–Crippen MR) is 82.8 cm³/mol. The first-order chi connectivity index (χ1) is 10.0. The van der Waals surface area contributed by atoms with Crippen molar-refractivity contribution < 1.29 is 4.39 Å². The van der Waals surface area contributed by atoms with Crippen molar-refractivity contribution in [3.8, 4) is 0 Å². The van der Waals surface area contributed by atoms with E-state index in [0.717, 1.165) is 32.9 Å². The molecule has 0 spiro atoms. The average molecular weight is 303 g/mol. The first-order valence-corrected chi connectivity index (χ1v) is 7.24. The number of rotatable bonds is 3. The van der Waals surface area contributed by atoms with Crippen molar-refractivity contribution in [2.45, 2.75) is 20.4 Å². The zero-order valence-corrected chi connectivity index (χ0v) is 12.5. The fourth-order valence-electron chi connectivity index (χ4n) is 2.20. The van der Waals surface area contributed by atoms with Gasteiger partial charge in [0.2, 0.25) is 5.95 Å². The third-order valence-electron chi connectivity index (χ3n) is 3.07. The van der Waals surface area contributed by atoms with E-state index in [1.165, 1.54) is 6.07 Å². The standard InChI is InChI=1S/C14H14FN5S/c1-7-5-8(2)18-13-11(7)12(16)19-14(20-13)17-6-9-3-4-10(15)21-9/h3-5H,6H2,1-2H3,(H3,16,17,18,19,20). The van der Waals surface area contributed by atoms with Gasteiger partial charge in [-0.25, -0.2) is 4.98 Å². The van der Waals surface area contributed by atoms with Gasteiger partial charge in [-0.2, -0.15) is 14.4 Å². The molecule has 0 aliphatic heterocycles. The zero-order valence-electron chi connectivity index (χ0n) is 11.6. The molecule has 0 bridgehead atoms. The quantitative estimate of drug-likeness (QED) is 0.777. The molecule has 3 N–H and O–H groups in total. The van der Waals surface area contributed by atoms with Gasteiger partial charge >= 0.3 is 0 Å². The normalized spacial score (nSPS) is 11.0. The van der Waals surface area contributed by atoms with Crippen LogP contribution in [0.3, 0.4) is 0 Å². The Kier molecular flexibility index (Phi) is 3.42. The van der Waals surface area contributed by atoms with Gasteiger partial charge < -0.3 is 11.1 Å². The van der Waals surface area contributed by atoms with Crippen LogP contribution in [0, 0.1) is 19.0 Å². The number of anilines is 2. The van der Waals surface area contributed by atoms with Crippen LogP contribution in [0.2, 0.25) is 0 Å². The molecule has 0 saturated carbocycles. The molecular formula is C14H14FN5S. The van der Waals surface area contributed by atoms with Gasteiger partial charge in [-0.3, -0.25) is 0 Å². The first-order valence-electron chi connectivity index (χ1n) is 6.42. The lowest BCUT2D eigenvalue weighted by molar-refractivity contribution is 0.657. The molecule has 5 nitrogen and oxygen atoms in total. The monoisotopic (exact) mass is 303 g/mol. The summed E-state index contributed by atoms with van der Waals surface area (Å²) in [6.45, 7) is 4.31. The van der Waals surface area contributed by atoms with E-state index in [0.29, 0.717) is 24.0 Å². The lowest BCUT2D eigenvalue weighted by Gasteiger charge is -2.09. The Morgan fingerprint density at radius 3 is 2.76 bits per heavy atom. The average Bonchev–Trinajstić information content (AvgIpc) is 2.81. The summed E-state index contributed by atoms with van der Waals surface area (Å²) < 4.78 is 12.9. The van der Waals surface area contributed by atoms with Gasteiger partial charge in [0.15, 0.2) is 10.8 Å². The van der Waals surface area contributed by atoms with Crippen molar-refractivity contribution in [1.29, 1.82) is 0 Å². The molecule has 3 heterocycles. The summed E-state index contributed by atoms with van der Waals surface area (Å²) in [5.74, 6) is 0.788. The van der Waals surface area contributed by atoms with Crippen LogP contribution in [-0.4, -0.2) is 15.0 Å². The highest BCUT2D eigenvalue weighted by molar-refractivity contribution is 7.10. The molecule has 0 aromatic carbocycles. The molecule has 0 aliphatic carbocycles. The number of nitrogens with two attached hydrogens (primary N) is 1. The number of nitrogens with one attached hydrogen (secondary N) is 1. The third kappa shape index (κ3) is 2.78. The number of fused-ring (bicyclic) bond motifs is 1. The summed E-state index contributed by atoms with van der Waals surface area (Å²) in [4.78, 5) is 13.9. The number of nitrogens with zero attached hydrogens (tertiary/aromatic N) is 3. The Balaban J connectivity index is 1.93. The number of hydrogen-bond acceptors (Lipinski definition) is 6. The van der Waals surface area contributed by atoms with Crippen molar-refractivity contribution >= 4 is 34.1 Å². The minimum Gasteiger partial charge on any atom is -0.383 e. The largest absolute Gasteiger partial charge is 0.383 e. The fraction of sp³-hybridized carbons (Fsp3) is 0.214. The summed E-state index contributed by atoms with van der Waals surface area (Å²) in [5.41, 5.74) is 8.44. The topological polar surface area (TPSA) is 76.7 Å². The summed E-state index contributed by atoms with van der Waals surface area (Å²) in [6, 6.07) is 5.11. The first kappa shape index (κ1) is 13.7. The smallest absolute Gasteiger partial charge is 0.227 e. The molecule has 0 atom stereocenters. The Bertz CT molecular complexity index is 814. The van der Waals surface area contributed by atoms with Gasteiger partial charge in [-0.05, 0) is 37.6 Å². The van der Waals surface area contributed by atoms with Gasteiger partial charge in [-0.15, -0.1) is 11.3 Å². The van der Waals surface area contributed by atoms with Crippen LogP contribution in [0.25, 0.3) is 11.0 Å². The van der Waals surface area contributed by atoms with Gasteiger partial charge in [-0.1, -0.05) is 0 Å². The van der Waals surface area contributed by atoms with Crippen LogP contribution in [0.5, 0.6) is 0 Å². The maximum absolute atomic E-state index is 12.9. The van der Waals surface area contributed by atoms with Crippen LogP contribution in [0.4, 0.5) is 16.2 Å². The molecule has 3 aromatic heterocycles. The minimum absolute atomic E-state index is 0.210. The lowest BCUT2D eigenvalue weighted by atomic mass is 10.1. The van der Waals surface area contributed by atoms with E-state index in [9.17, 15) is 4.39 Å². The molecule has 3 rings (SSSR count). The van der Waals surface area contributed by atoms with E-state index < -0.39 is 0 Å². The number of nitrogen functional groups attached to an aromatic ring is 1. The van der Waals surface area contributed by atoms with Crippen LogP contribution >= 0.6 is 11.3 Å². The number of thiophene rings is 1. The van der Waals surface area contributed by atoms with Crippen molar-refractivity contribution in [3.05, 3.63) is 39.5 Å². The Morgan fingerprint density at radius 2 is 2.05 bits per heavy atom. The van der Waals surface area contributed by atoms with Crippen LogP contribution in [0.1, 0.15) is 16.1 Å². The molecule has 0 amide bonds. The van der Waals surface area contributed by atoms with Crippen LogP contribution < -0.4 is 11.1 Å². The van der Waals surface area contributed by atoms with Crippen molar-refractivity contribution in [2.24, 2.45) is 0 Å². The Morgan fingerprint density at radius 1 is 1.24 bits per heavy atom. The number of aromatic nitrogens is 3. The summed E-state index contributed by atoms with van der Waals surface area (Å²) in [6.07, 6.45) is 0. The second kappa shape index (κ2) is 5.25. The Hall–Kier alpha value is -2.28. The molecular weight excluding hydrogens is 289 g/mol. The SMILES string of the molecule is Cc1cc(C)c2c(N)nc(NCc3ccc(F)s3)nc2n1. The molecule has 0 aliphatic rings.